The highest BCUT2D eigenvalue weighted by atomic mass is 16.4. The lowest BCUT2D eigenvalue weighted by Gasteiger charge is -1.87. The highest BCUT2D eigenvalue weighted by molar-refractivity contribution is 5.72. The summed E-state index contributed by atoms with van der Waals surface area (Å²) >= 11 is 0. The van der Waals surface area contributed by atoms with Gasteiger partial charge in [-0.25, -0.2) is 0 Å². The first-order valence-electron chi connectivity index (χ1n) is 2.88. The zero-order valence-electron chi connectivity index (χ0n) is 4.88. The molecule has 2 aliphatic heterocycles. The number of hydrogen-bond donors (Lipinski definition) is 1. The first-order chi connectivity index (χ1) is 4.93. The van der Waals surface area contributed by atoms with Gasteiger partial charge in [0, 0.05) is 0 Å². The molecule has 3 rings (SSSR count). The molecule has 2 N–H and O–H groups in total. The quantitative estimate of drug-likeness (QED) is 0.468. The summed E-state index contributed by atoms with van der Waals surface area (Å²) in [6, 6.07) is 1.82. The summed E-state index contributed by atoms with van der Waals surface area (Å²) in [5.74, 6) is 0. The van der Waals surface area contributed by atoms with E-state index in [1.165, 1.54) is 0 Å². The highest BCUT2D eigenvalue weighted by Crippen LogP contribution is 2.23. The van der Waals surface area contributed by atoms with Crippen molar-refractivity contribution in [3.8, 4) is 11.4 Å². The second-order valence-corrected chi connectivity index (χ2v) is 2.12. The predicted molar refractivity (Wildman–Crippen MR) is 30.5 cm³/mol. The molecule has 5 nitrogen and oxygen atoms in total. The van der Waals surface area contributed by atoms with Crippen molar-refractivity contribution in [3.05, 3.63) is 6.07 Å². The second kappa shape index (κ2) is 1.11. The number of oxazole rings is 1. The van der Waals surface area contributed by atoms with Crippen molar-refractivity contribution in [1.29, 1.82) is 0 Å². The molecular weight excluding hydrogens is 132 g/mol. The van der Waals surface area contributed by atoms with E-state index in [1.54, 1.807) is 0 Å². The summed E-state index contributed by atoms with van der Waals surface area (Å²) in [6.45, 7) is 0. The summed E-state index contributed by atoms with van der Waals surface area (Å²) in [4.78, 5) is 2.98. The number of aromatic amines is 2. The standard InChI is InChI=1S/C5H2N4O/c1-2-4-5(8-9-7-2)10-3(1)6-4/h1,9H/p+1. The van der Waals surface area contributed by atoms with Crippen molar-refractivity contribution in [1.82, 2.24) is 15.4 Å². The molecule has 1 aromatic rings. The van der Waals surface area contributed by atoms with Gasteiger partial charge in [-0.1, -0.05) is 0 Å². The van der Waals surface area contributed by atoms with Gasteiger partial charge in [-0.3, -0.25) is 0 Å². The Morgan fingerprint density at radius 2 is 2.50 bits per heavy atom. The molecule has 0 atom stereocenters. The summed E-state index contributed by atoms with van der Waals surface area (Å²) in [5.41, 5.74) is 3.04. The molecule has 0 aliphatic carbocycles. The molecule has 48 valence electrons. The van der Waals surface area contributed by atoms with E-state index < -0.39 is 0 Å². The van der Waals surface area contributed by atoms with Crippen LogP contribution < -0.4 is 4.98 Å². The van der Waals surface area contributed by atoms with Crippen molar-refractivity contribution in [2.75, 3.05) is 0 Å². The van der Waals surface area contributed by atoms with E-state index in [4.69, 9.17) is 4.42 Å². The molecule has 0 aromatic carbocycles. The summed E-state index contributed by atoms with van der Waals surface area (Å²) in [7, 11) is 0. The van der Waals surface area contributed by atoms with E-state index in [2.05, 4.69) is 20.4 Å². The first-order valence-corrected chi connectivity index (χ1v) is 2.88. The van der Waals surface area contributed by atoms with E-state index in [1.807, 2.05) is 6.07 Å². The molecule has 0 saturated heterocycles. The fraction of sp³-hybridized carbons (Fsp3) is 0. The van der Waals surface area contributed by atoms with E-state index in [0.717, 1.165) is 11.4 Å². The van der Waals surface area contributed by atoms with Gasteiger partial charge in [0.15, 0.2) is 5.69 Å². The van der Waals surface area contributed by atoms with Gasteiger partial charge >= 0.3 is 11.4 Å². The van der Waals surface area contributed by atoms with E-state index in [0.29, 0.717) is 11.4 Å². The van der Waals surface area contributed by atoms with Crippen LogP contribution in [-0.4, -0.2) is 15.4 Å². The Morgan fingerprint density at radius 3 is 3.20 bits per heavy atom. The molecule has 0 unspecified atom stereocenters. The number of H-pyrrole nitrogens is 2. The third-order valence-electron chi connectivity index (χ3n) is 1.51. The number of rotatable bonds is 0. The molecule has 0 spiro atoms. The van der Waals surface area contributed by atoms with Crippen molar-refractivity contribution in [3.63, 3.8) is 0 Å². The van der Waals surface area contributed by atoms with Crippen LogP contribution in [0.15, 0.2) is 10.5 Å². The molecule has 2 aliphatic rings. The van der Waals surface area contributed by atoms with Crippen LogP contribution in [0.3, 0.4) is 0 Å². The molecule has 0 fully saturated rings. The highest BCUT2D eigenvalue weighted by Gasteiger charge is 2.26. The normalized spacial score (nSPS) is 12.0. The van der Waals surface area contributed by atoms with Crippen molar-refractivity contribution in [2.45, 2.75) is 0 Å². The lowest BCUT2D eigenvalue weighted by molar-refractivity contribution is -0.331. The minimum atomic E-state index is 0.586. The maximum Gasteiger partial charge on any atom is 0.376 e. The lowest BCUT2D eigenvalue weighted by atomic mass is 10.3. The van der Waals surface area contributed by atoms with Crippen molar-refractivity contribution in [2.24, 2.45) is 0 Å². The molecule has 1 aromatic heterocycles. The molecule has 10 heavy (non-hydrogen) atoms. The average molecular weight is 135 g/mol. The van der Waals surface area contributed by atoms with Crippen LogP contribution in [0.2, 0.25) is 0 Å². The number of fused-ring (bicyclic) bond motifs is 1. The molecule has 0 radical (unpaired) electrons. The molecule has 2 bridgehead atoms. The Labute approximate surface area is 54.7 Å². The van der Waals surface area contributed by atoms with Gasteiger partial charge in [0.25, 0.3) is 5.69 Å². The van der Waals surface area contributed by atoms with Gasteiger partial charge in [0.05, 0.1) is 6.07 Å². The lowest BCUT2D eigenvalue weighted by Crippen LogP contribution is -1.99. The minimum absolute atomic E-state index is 0.586. The third kappa shape index (κ3) is 0.307. The van der Waals surface area contributed by atoms with Crippen LogP contribution in [0.4, 0.5) is 0 Å². The van der Waals surface area contributed by atoms with E-state index >= 15 is 0 Å². The van der Waals surface area contributed by atoms with Crippen LogP contribution in [0, 0.1) is 0 Å². The van der Waals surface area contributed by atoms with Gasteiger partial charge in [-0.2, -0.15) is 15.3 Å². The zero-order chi connectivity index (χ0) is 6.55. The largest absolute Gasteiger partial charge is 0.377 e. The SMILES string of the molecule is c1c2n[nH]nc3oc1[nH+]c3-2. The van der Waals surface area contributed by atoms with Crippen LogP contribution in [0.5, 0.6) is 0 Å². The van der Waals surface area contributed by atoms with E-state index in [-0.39, 0.29) is 0 Å². The van der Waals surface area contributed by atoms with Crippen LogP contribution in [-0.2, 0) is 0 Å². The van der Waals surface area contributed by atoms with Crippen LogP contribution in [0.25, 0.3) is 22.8 Å². The number of aromatic nitrogens is 4. The van der Waals surface area contributed by atoms with E-state index in [9.17, 15) is 0 Å². The third-order valence-corrected chi connectivity index (χ3v) is 1.51. The Hall–Kier alpha value is -1.65. The fourth-order valence-corrected chi connectivity index (χ4v) is 1.08. The summed E-state index contributed by atoms with van der Waals surface area (Å²) in [5, 5.41) is 10.2. The van der Waals surface area contributed by atoms with Gasteiger partial charge < -0.3 is 4.42 Å². The summed E-state index contributed by atoms with van der Waals surface area (Å²) in [6.07, 6.45) is 0. The molecule has 3 heterocycles. The fourth-order valence-electron chi connectivity index (χ4n) is 1.08. The maximum absolute atomic E-state index is 5.15. The Balaban J connectivity index is 2.76. The van der Waals surface area contributed by atoms with Crippen molar-refractivity contribution >= 4 is 11.4 Å². The molecule has 0 saturated carbocycles. The smallest absolute Gasteiger partial charge is 0.376 e. The Morgan fingerprint density at radius 1 is 1.50 bits per heavy atom. The molecule has 5 heteroatoms. The van der Waals surface area contributed by atoms with Crippen LogP contribution >= 0.6 is 0 Å². The zero-order valence-corrected chi connectivity index (χ0v) is 4.88. The average Bonchev–Trinajstić information content (AvgIpc) is 2.40. The minimum Gasteiger partial charge on any atom is -0.377 e. The topological polar surface area (TPSA) is 68.8 Å². The van der Waals surface area contributed by atoms with Gasteiger partial charge in [-0.05, 0) is 0 Å². The molecular formula is C5H3N4O+. The monoisotopic (exact) mass is 135 g/mol. The van der Waals surface area contributed by atoms with Gasteiger partial charge in [-0.15, -0.1) is 5.10 Å². The Bertz CT molecular complexity index is 427. The molecule has 0 amide bonds. The Kier molecular flexibility index (Phi) is 0.467. The van der Waals surface area contributed by atoms with Gasteiger partial charge in [0.1, 0.15) is 0 Å². The predicted octanol–water partition coefficient (Wildman–Crippen LogP) is -0.0924. The second-order valence-electron chi connectivity index (χ2n) is 2.12. The van der Waals surface area contributed by atoms with Crippen LogP contribution in [0.1, 0.15) is 0 Å². The van der Waals surface area contributed by atoms with Gasteiger partial charge in [0.2, 0.25) is 0 Å². The maximum atomic E-state index is 5.15. The number of hydrogen-bond acceptors (Lipinski definition) is 3. The number of nitrogens with one attached hydrogen (secondary N) is 2. The number of nitrogens with zero attached hydrogens (tertiary/aromatic N) is 2. The van der Waals surface area contributed by atoms with Crippen molar-refractivity contribution < 1.29 is 9.40 Å². The first kappa shape index (κ1) is 4.21. The summed E-state index contributed by atoms with van der Waals surface area (Å²) < 4.78 is 5.15.